The molecule has 0 spiro atoms. The third kappa shape index (κ3) is 2.27. The molecule has 0 aliphatic heterocycles. The molecule has 2 aromatic rings. The Morgan fingerprint density at radius 2 is 2.00 bits per heavy atom. The van der Waals surface area contributed by atoms with Crippen LogP contribution in [0.4, 0.5) is 5.82 Å². The molecule has 0 aromatic carbocycles. The van der Waals surface area contributed by atoms with Crippen LogP contribution in [0.2, 0.25) is 0 Å². The Bertz CT molecular complexity index is 542. The maximum Gasteiger partial charge on any atom is 0.165 e. The van der Waals surface area contributed by atoms with E-state index in [1.807, 2.05) is 26.2 Å². The molecule has 0 amide bonds. The highest BCUT2D eigenvalue weighted by molar-refractivity contribution is 5.58. The third-order valence-corrected chi connectivity index (χ3v) is 2.61. The summed E-state index contributed by atoms with van der Waals surface area (Å²) < 4.78 is 1.76. The van der Waals surface area contributed by atoms with Gasteiger partial charge >= 0.3 is 0 Å². The minimum atomic E-state index is 0.330. The van der Waals surface area contributed by atoms with Crippen molar-refractivity contribution in [3.8, 4) is 11.4 Å². The van der Waals surface area contributed by atoms with Gasteiger partial charge in [-0.15, -0.1) is 0 Å². The van der Waals surface area contributed by atoms with Crippen molar-refractivity contribution in [3.05, 3.63) is 23.7 Å². The van der Waals surface area contributed by atoms with E-state index < -0.39 is 0 Å². The summed E-state index contributed by atoms with van der Waals surface area (Å²) >= 11 is 0. The molecule has 0 atom stereocenters. The number of rotatable bonds is 2. The second-order valence-corrected chi connectivity index (χ2v) is 4.50. The van der Waals surface area contributed by atoms with Crippen molar-refractivity contribution >= 4 is 5.82 Å². The van der Waals surface area contributed by atoms with Crippen LogP contribution in [0.25, 0.3) is 11.4 Å². The molecule has 5 heteroatoms. The van der Waals surface area contributed by atoms with Gasteiger partial charge in [0.25, 0.3) is 0 Å². The van der Waals surface area contributed by atoms with Crippen molar-refractivity contribution < 1.29 is 0 Å². The lowest BCUT2D eigenvalue weighted by Gasteiger charge is -2.07. The third-order valence-electron chi connectivity index (χ3n) is 2.61. The molecule has 0 aliphatic carbocycles. The van der Waals surface area contributed by atoms with Gasteiger partial charge in [-0.05, 0) is 12.8 Å². The Morgan fingerprint density at radius 1 is 1.29 bits per heavy atom. The summed E-state index contributed by atoms with van der Waals surface area (Å²) in [4.78, 5) is 8.81. The van der Waals surface area contributed by atoms with E-state index in [0.717, 1.165) is 17.0 Å². The molecule has 0 saturated carbocycles. The van der Waals surface area contributed by atoms with E-state index in [2.05, 4.69) is 28.9 Å². The molecule has 0 fully saturated rings. The number of nitrogens with two attached hydrogens (primary N) is 1. The number of hydrogen-bond acceptors (Lipinski definition) is 4. The van der Waals surface area contributed by atoms with Crippen molar-refractivity contribution in [2.75, 3.05) is 5.73 Å². The highest BCUT2D eigenvalue weighted by atomic mass is 15.3. The van der Waals surface area contributed by atoms with Crippen LogP contribution in [0.15, 0.2) is 12.3 Å². The zero-order chi connectivity index (χ0) is 12.6. The Labute approximate surface area is 101 Å². The quantitative estimate of drug-likeness (QED) is 0.856. The number of aromatic nitrogens is 4. The second kappa shape index (κ2) is 4.16. The van der Waals surface area contributed by atoms with E-state index in [4.69, 9.17) is 5.73 Å². The van der Waals surface area contributed by atoms with Crippen LogP contribution in [0.3, 0.4) is 0 Å². The summed E-state index contributed by atoms with van der Waals surface area (Å²) in [6, 6.07) is 1.82. The van der Waals surface area contributed by atoms with Crippen LogP contribution >= 0.6 is 0 Å². The van der Waals surface area contributed by atoms with Gasteiger partial charge in [-0.3, -0.25) is 4.68 Å². The Kier molecular flexibility index (Phi) is 2.83. The topological polar surface area (TPSA) is 69.6 Å². The summed E-state index contributed by atoms with van der Waals surface area (Å²) in [6.07, 6.45) is 1.91. The van der Waals surface area contributed by atoms with E-state index in [9.17, 15) is 0 Å². The Morgan fingerprint density at radius 3 is 2.53 bits per heavy atom. The first-order valence-corrected chi connectivity index (χ1v) is 5.62. The highest BCUT2D eigenvalue weighted by Crippen LogP contribution is 2.22. The fourth-order valence-corrected chi connectivity index (χ4v) is 1.72. The van der Waals surface area contributed by atoms with Crippen LogP contribution in [0.5, 0.6) is 0 Å². The van der Waals surface area contributed by atoms with E-state index in [0.29, 0.717) is 17.6 Å². The first kappa shape index (κ1) is 11.6. The zero-order valence-corrected chi connectivity index (χ0v) is 10.6. The average Bonchev–Trinajstić information content (AvgIpc) is 2.57. The molecule has 0 radical (unpaired) electrons. The van der Waals surface area contributed by atoms with Crippen molar-refractivity contribution in [1.29, 1.82) is 0 Å². The molecular weight excluding hydrogens is 214 g/mol. The molecule has 0 aliphatic rings. The Hall–Kier alpha value is -1.91. The standard InChI is InChI=1S/C12H17N5/c1-7(2)10-5-11(13)15-12(14-10)9-6-17(4)16-8(9)3/h5-7H,1-4H3,(H2,13,14,15). The summed E-state index contributed by atoms with van der Waals surface area (Å²) in [6.45, 7) is 6.11. The van der Waals surface area contributed by atoms with Gasteiger partial charge in [0.05, 0.1) is 11.3 Å². The lowest BCUT2D eigenvalue weighted by atomic mass is 10.1. The van der Waals surface area contributed by atoms with Gasteiger partial charge in [0.2, 0.25) is 0 Å². The lowest BCUT2D eigenvalue weighted by molar-refractivity contribution is 0.756. The van der Waals surface area contributed by atoms with Crippen molar-refractivity contribution in [3.63, 3.8) is 0 Å². The van der Waals surface area contributed by atoms with Crippen LogP contribution in [-0.4, -0.2) is 19.7 Å². The zero-order valence-electron chi connectivity index (χ0n) is 10.6. The fraction of sp³-hybridized carbons (Fsp3) is 0.417. The first-order chi connectivity index (χ1) is 7.97. The molecule has 2 aromatic heterocycles. The van der Waals surface area contributed by atoms with Gasteiger partial charge in [-0.1, -0.05) is 13.8 Å². The summed E-state index contributed by atoms with van der Waals surface area (Å²) in [5.41, 5.74) is 8.61. The SMILES string of the molecule is Cc1nn(C)cc1-c1nc(N)cc(C(C)C)n1. The van der Waals surface area contributed by atoms with Gasteiger partial charge in [-0.25, -0.2) is 9.97 Å². The number of nitrogen functional groups attached to an aromatic ring is 1. The monoisotopic (exact) mass is 231 g/mol. The van der Waals surface area contributed by atoms with Crippen LogP contribution in [0, 0.1) is 6.92 Å². The number of hydrogen-bond donors (Lipinski definition) is 1. The average molecular weight is 231 g/mol. The lowest BCUT2D eigenvalue weighted by Crippen LogP contribution is -2.01. The van der Waals surface area contributed by atoms with Gasteiger partial charge in [0.1, 0.15) is 5.82 Å². The predicted octanol–water partition coefficient (Wildman–Crippen LogP) is 1.89. The molecule has 2 N–H and O–H groups in total. The Balaban J connectivity index is 2.55. The highest BCUT2D eigenvalue weighted by Gasteiger charge is 2.12. The van der Waals surface area contributed by atoms with Crippen LogP contribution < -0.4 is 5.73 Å². The number of nitrogens with zero attached hydrogens (tertiary/aromatic N) is 4. The van der Waals surface area contributed by atoms with E-state index in [1.165, 1.54) is 0 Å². The molecule has 0 bridgehead atoms. The minimum Gasteiger partial charge on any atom is -0.384 e. The van der Waals surface area contributed by atoms with Crippen molar-refractivity contribution in [1.82, 2.24) is 19.7 Å². The largest absolute Gasteiger partial charge is 0.384 e. The fourth-order valence-electron chi connectivity index (χ4n) is 1.72. The summed E-state index contributed by atoms with van der Waals surface area (Å²) in [7, 11) is 1.88. The van der Waals surface area contributed by atoms with Crippen LogP contribution in [0.1, 0.15) is 31.2 Å². The molecular formula is C12H17N5. The van der Waals surface area contributed by atoms with Gasteiger partial charge in [-0.2, -0.15) is 5.10 Å². The predicted molar refractivity (Wildman–Crippen MR) is 67.5 cm³/mol. The van der Waals surface area contributed by atoms with Gasteiger partial charge in [0.15, 0.2) is 5.82 Å². The number of aryl methyl sites for hydroxylation is 2. The van der Waals surface area contributed by atoms with E-state index in [1.54, 1.807) is 4.68 Å². The molecule has 5 nitrogen and oxygen atoms in total. The first-order valence-electron chi connectivity index (χ1n) is 5.62. The minimum absolute atomic E-state index is 0.330. The summed E-state index contributed by atoms with van der Waals surface area (Å²) in [5.74, 6) is 1.48. The normalized spacial score (nSPS) is 11.1. The number of anilines is 1. The molecule has 0 unspecified atom stereocenters. The maximum atomic E-state index is 5.81. The van der Waals surface area contributed by atoms with Crippen LogP contribution in [-0.2, 0) is 7.05 Å². The molecule has 2 rings (SSSR count). The summed E-state index contributed by atoms with van der Waals surface area (Å²) in [5, 5.41) is 4.29. The maximum absolute atomic E-state index is 5.81. The molecule has 17 heavy (non-hydrogen) atoms. The van der Waals surface area contributed by atoms with Crippen molar-refractivity contribution in [2.24, 2.45) is 7.05 Å². The molecule has 2 heterocycles. The van der Waals surface area contributed by atoms with Gasteiger partial charge in [0, 0.05) is 25.0 Å². The van der Waals surface area contributed by atoms with E-state index in [-0.39, 0.29) is 0 Å². The molecule has 0 saturated heterocycles. The van der Waals surface area contributed by atoms with E-state index >= 15 is 0 Å². The van der Waals surface area contributed by atoms with Gasteiger partial charge < -0.3 is 5.73 Å². The van der Waals surface area contributed by atoms with Crippen molar-refractivity contribution in [2.45, 2.75) is 26.7 Å². The smallest absolute Gasteiger partial charge is 0.165 e. The molecule has 90 valence electrons. The second-order valence-electron chi connectivity index (χ2n) is 4.50.